The Labute approximate surface area is 93.8 Å². The Morgan fingerprint density at radius 3 is 2.93 bits per heavy atom. The first-order chi connectivity index (χ1) is 7.27. The molecule has 0 fully saturated rings. The molecule has 0 unspecified atom stereocenters. The van der Waals surface area contributed by atoms with Crippen LogP contribution in [-0.4, -0.2) is 22.0 Å². The lowest BCUT2D eigenvalue weighted by Crippen LogP contribution is -2.22. The SMILES string of the molecule is CCOc1ccn(CCCCCl)c(=O)n1. The van der Waals surface area contributed by atoms with Crippen molar-refractivity contribution < 1.29 is 4.74 Å². The van der Waals surface area contributed by atoms with Crippen molar-refractivity contribution in [1.82, 2.24) is 9.55 Å². The fraction of sp³-hybridized carbons (Fsp3) is 0.600. The second-order valence-electron chi connectivity index (χ2n) is 3.07. The highest BCUT2D eigenvalue weighted by atomic mass is 35.5. The van der Waals surface area contributed by atoms with Gasteiger partial charge < -0.3 is 4.74 Å². The van der Waals surface area contributed by atoms with E-state index in [0.29, 0.717) is 24.9 Å². The van der Waals surface area contributed by atoms with Crippen molar-refractivity contribution >= 4 is 11.6 Å². The van der Waals surface area contributed by atoms with Gasteiger partial charge in [0.1, 0.15) is 0 Å². The van der Waals surface area contributed by atoms with E-state index in [1.165, 1.54) is 0 Å². The molecule has 0 aromatic carbocycles. The van der Waals surface area contributed by atoms with Crippen molar-refractivity contribution in [3.63, 3.8) is 0 Å². The Bertz CT molecular complexity index is 352. The van der Waals surface area contributed by atoms with E-state index in [1.807, 2.05) is 6.92 Å². The third-order valence-electron chi connectivity index (χ3n) is 1.92. The van der Waals surface area contributed by atoms with Crippen molar-refractivity contribution in [2.75, 3.05) is 12.5 Å². The minimum Gasteiger partial charge on any atom is -0.478 e. The molecule has 0 bridgehead atoms. The van der Waals surface area contributed by atoms with E-state index in [9.17, 15) is 4.79 Å². The zero-order valence-electron chi connectivity index (χ0n) is 8.78. The van der Waals surface area contributed by atoms with E-state index in [0.717, 1.165) is 12.8 Å². The fourth-order valence-corrected chi connectivity index (χ4v) is 1.38. The van der Waals surface area contributed by atoms with E-state index in [1.54, 1.807) is 16.8 Å². The number of rotatable bonds is 6. The van der Waals surface area contributed by atoms with Gasteiger partial charge in [-0.05, 0) is 19.8 Å². The Morgan fingerprint density at radius 1 is 1.53 bits per heavy atom. The maximum atomic E-state index is 11.4. The number of alkyl halides is 1. The summed E-state index contributed by atoms with van der Waals surface area (Å²) >= 11 is 5.55. The lowest BCUT2D eigenvalue weighted by atomic mass is 10.3. The smallest absolute Gasteiger partial charge is 0.350 e. The molecule has 0 aliphatic carbocycles. The van der Waals surface area contributed by atoms with E-state index < -0.39 is 0 Å². The van der Waals surface area contributed by atoms with Crippen LogP contribution in [0.15, 0.2) is 17.1 Å². The molecule has 1 rings (SSSR count). The molecule has 0 aliphatic rings. The predicted octanol–water partition coefficient (Wildman–Crippen LogP) is 1.66. The molecule has 0 saturated heterocycles. The average Bonchev–Trinajstić information content (AvgIpc) is 2.22. The molecule has 1 aromatic rings. The van der Waals surface area contributed by atoms with Crippen LogP contribution in [0.5, 0.6) is 5.88 Å². The molecule has 1 aromatic heterocycles. The Kier molecular flexibility index (Phi) is 5.18. The Balaban J connectivity index is 2.62. The van der Waals surface area contributed by atoms with Crippen LogP contribution in [-0.2, 0) is 6.54 Å². The number of unbranched alkanes of at least 4 members (excludes halogenated alkanes) is 1. The highest BCUT2D eigenvalue weighted by molar-refractivity contribution is 6.17. The van der Waals surface area contributed by atoms with Crippen LogP contribution in [0.25, 0.3) is 0 Å². The average molecular weight is 231 g/mol. The van der Waals surface area contributed by atoms with Crippen LogP contribution in [0.1, 0.15) is 19.8 Å². The van der Waals surface area contributed by atoms with Gasteiger partial charge in [0.25, 0.3) is 0 Å². The van der Waals surface area contributed by atoms with Gasteiger partial charge in [-0.25, -0.2) is 4.79 Å². The van der Waals surface area contributed by atoms with Gasteiger partial charge in [0.05, 0.1) is 6.61 Å². The normalized spacial score (nSPS) is 10.3. The molecule has 15 heavy (non-hydrogen) atoms. The molecule has 4 nitrogen and oxygen atoms in total. The molecule has 0 saturated carbocycles. The minimum atomic E-state index is -0.268. The van der Waals surface area contributed by atoms with Gasteiger partial charge in [0, 0.05) is 24.7 Å². The topological polar surface area (TPSA) is 44.1 Å². The summed E-state index contributed by atoms with van der Waals surface area (Å²) in [5.74, 6) is 1.01. The van der Waals surface area contributed by atoms with Crippen molar-refractivity contribution in [2.24, 2.45) is 0 Å². The van der Waals surface area contributed by atoms with E-state index in [2.05, 4.69) is 4.98 Å². The Hall–Kier alpha value is -1.03. The van der Waals surface area contributed by atoms with Crippen LogP contribution in [0, 0.1) is 0 Å². The maximum absolute atomic E-state index is 11.4. The zero-order valence-corrected chi connectivity index (χ0v) is 9.54. The summed E-state index contributed by atoms with van der Waals surface area (Å²) in [6, 6.07) is 1.70. The summed E-state index contributed by atoms with van der Waals surface area (Å²) in [6.07, 6.45) is 3.49. The third kappa shape index (κ3) is 3.91. The summed E-state index contributed by atoms with van der Waals surface area (Å²) in [4.78, 5) is 15.2. The van der Waals surface area contributed by atoms with Crippen molar-refractivity contribution in [1.29, 1.82) is 0 Å². The molecule has 0 aliphatic heterocycles. The predicted molar refractivity (Wildman–Crippen MR) is 59.6 cm³/mol. The van der Waals surface area contributed by atoms with Crippen LogP contribution >= 0.6 is 11.6 Å². The lowest BCUT2D eigenvalue weighted by Gasteiger charge is -2.05. The molecule has 5 heteroatoms. The van der Waals surface area contributed by atoms with E-state index in [4.69, 9.17) is 16.3 Å². The molecule has 0 N–H and O–H groups in total. The van der Waals surface area contributed by atoms with Gasteiger partial charge in [-0.3, -0.25) is 4.57 Å². The molecule has 0 atom stereocenters. The summed E-state index contributed by atoms with van der Waals surface area (Å²) in [7, 11) is 0. The summed E-state index contributed by atoms with van der Waals surface area (Å²) in [5.41, 5.74) is -0.268. The first-order valence-corrected chi connectivity index (χ1v) is 5.57. The van der Waals surface area contributed by atoms with Crippen LogP contribution in [0.3, 0.4) is 0 Å². The summed E-state index contributed by atoms with van der Waals surface area (Å²) in [6.45, 7) is 3.03. The summed E-state index contributed by atoms with van der Waals surface area (Å²) < 4.78 is 6.69. The van der Waals surface area contributed by atoms with Crippen molar-refractivity contribution in [3.05, 3.63) is 22.7 Å². The van der Waals surface area contributed by atoms with Crippen LogP contribution in [0.4, 0.5) is 0 Å². The number of ether oxygens (including phenoxy) is 1. The number of hydrogen-bond donors (Lipinski definition) is 0. The number of aromatic nitrogens is 2. The Morgan fingerprint density at radius 2 is 2.33 bits per heavy atom. The van der Waals surface area contributed by atoms with Gasteiger partial charge in [0.2, 0.25) is 5.88 Å². The number of halogens is 1. The van der Waals surface area contributed by atoms with Gasteiger partial charge in [-0.1, -0.05) is 0 Å². The van der Waals surface area contributed by atoms with Gasteiger partial charge in [-0.15, -0.1) is 11.6 Å². The van der Waals surface area contributed by atoms with Gasteiger partial charge in [0.15, 0.2) is 0 Å². The quantitative estimate of drug-likeness (QED) is 0.552. The molecule has 0 radical (unpaired) electrons. The highest BCUT2D eigenvalue weighted by Gasteiger charge is 1.99. The van der Waals surface area contributed by atoms with Gasteiger partial charge >= 0.3 is 5.69 Å². The van der Waals surface area contributed by atoms with Gasteiger partial charge in [-0.2, -0.15) is 4.98 Å². The monoisotopic (exact) mass is 230 g/mol. The number of nitrogens with zero attached hydrogens (tertiary/aromatic N) is 2. The number of hydrogen-bond acceptors (Lipinski definition) is 3. The standard InChI is InChI=1S/C10H15ClN2O2/c1-2-15-9-5-8-13(10(14)12-9)7-4-3-6-11/h5,8H,2-4,6-7H2,1H3. The van der Waals surface area contributed by atoms with Crippen LogP contribution in [0.2, 0.25) is 0 Å². The van der Waals surface area contributed by atoms with Crippen molar-refractivity contribution in [2.45, 2.75) is 26.3 Å². The molecule has 0 amide bonds. The lowest BCUT2D eigenvalue weighted by molar-refractivity contribution is 0.323. The van der Waals surface area contributed by atoms with E-state index >= 15 is 0 Å². The molecule has 1 heterocycles. The highest BCUT2D eigenvalue weighted by Crippen LogP contribution is 2.01. The first kappa shape index (κ1) is 12.0. The van der Waals surface area contributed by atoms with Crippen LogP contribution < -0.4 is 10.4 Å². The molecular weight excluding hydrogens is 216 g/mol. The molecule has 84 valence electrons. The summed E-state index contributed by atoms with van der Waals surface area (Å²) in [5, 5.41) is 0. The number of aryl methyl sites for hydroxylation is 1. The third-order valence-corrected chi connectivity index (χ3v) is 2.19. The van der Waals surface area contributed by atoms with Crippen molar-refractivity contribution in [3.8, 4) is 5.88 Å². The zero-order chi connectivity index (χ0) is 11.1. The molecule has 0 spiro atoms. The second kappa shape index (κ2) is 6.45. The fourth-order valence-electron chi connectivity index (χ4n) is 1.19. The molecular formula is C10H15ClN2O2. The van der Waals surface area contributed by atoms with E-state index in [-0.39, 0.29) is 5.69 Å². The second-order valence-corrected chi connectivity index (χ2v) is 3.45. The first-order valence-electron chi connectivity index (χ1n) is 5.04. The largest absolute Gasteiger partial charge is 0.478 e. The minimum absolute atomic E-state index is 0.268. The maximum Gasteiger partial charge on any atom is 0.350 e.